The van der Waals surface area contributed by atoms with E-state index in [4.69, 9.17) is 10.5 Å². The van der Waals surface area contributed by atoms with Crippen LogP contribution in [0.3, 0.4) is 0 Å². The molecule has 0 fully saturated rings. The molecule has 40 heavy (non-hydrogen) atoms. The zero-order chi connectivity index (χ0) is 29.4. The van der Waals surface area contributed by atoms with Crippen LogP contribution in [0, 0.1) is 0 Å². The molecule has 2 rings (SSSR count). The van der Waals surface area contributed by atoms with Crippen molar-refractivity contribution >= 4 is 30.3 Å². The van der Waals surface area contributed by atoms with Gasteiger partial charge in [0.15, 0.2) is 0 Å². The highest BCUT2D eigenvalue weighted by Gasteiger charge is 2.16. The van der Waals surface area contributed by atoms with Crippen LogP contribution >= 0.6 is 12.4 Å². The molecule has 0 aliphatic rings. The summed E-state index contributed by atoms with van der Waals surface area (Å²) in [5.41, 5.74) is 6.65. The molecule has 0 saturated heterocycles. The number of carbonyl (C=O) groups excluding carboxylic acids is 3. The van der Waals surface area contributed by atoms with Gasteiger partial charge in [0, 0.05) is 64.1 Å². The highest BCUT2D eigenvalue weighted by atomic mass is 35.5. The first kappa shape index (κ1) is 36.4. The van der Waals surface area contributed by atoms with Crippen LogP contribution in [0.1, 0.15) is 55.3 Å². The number of hydrogen-bond donors (Lipinski definition) is 4. The van der Waals surface area contributed by atoms with Crippen molar-refractivity contribution in [3.05, 3.63) is 71.9 Å². The maximum Gasteiger partial charge on any atom is 0.407 e. The molecule has 0 spiro atoms. The fourth-order valence-corrected chi connectivity index (χ4v) is 3.11. The molecule has 2 aromatic rings. The molecule has 0 atom stereocenters. The van der Waals surface area contributed by atoms with E-state index in [9.17, 15) is 23.2 Å². The van der Waals surface area contributed by atoms with Crippen LogP contribution in [0.25, 0.3) is 0 Å². The van der Waals surface area contributed by atoms with E-state index in [-0.39, 0.29) is 43.9 Å². The molecule has 0 radical (unpaired) electrons. The molecule has 0 aromatic carbocycles. The summed E-state index contributed by atoms with van der Waals surface area (Å²) in [4.78, 5) is 34.7. The number of halogens is 3. The lowest BCUT2D eigenvalue weighted by atomic mass is 10.2. The molecule has 13 heteroatoms. The minimum atomic E-state index is -0.606. The summed E-state index contributed by atoms with van der Waals surface area (Å²) in [6.07, 6.45) is 7.05. The molecule has 0 saturated carbocycles. The Kier molecular flexibility index (Phi) is 16.9. The van der Waals surface area contributed by atoms with E-state index < -0.39 is 11.7 Å². The van der Waals surface area contributed by atoms with Crippen LogP contribution in [-0.4, -0.2) is 58.8 Å². The zero-order valence-corrected chi connectivity index (χ0v) is 24.4. The number of nitrogens with zero attached hydrogens (tertiary/aromatic N) is 2. The van der Waals surface area contributed by atoms with Crippen molar-refractivity contribution < 1.29 is 27.9 Å². The average Bonchev–Trinajstić information content (AvgIpc) is 3.54. The van der Waals surface area contributed by atoms with E-state index in [0.29, 0.717) is 54.6 Å². The van der Waals surface area contributed by atoms with Crippen LogP contribution in [-0.2, 0) is 17.8 Å². The van der Waals surface area contributed by atoms with Crippen LogP contribution < -0.4 is 21.7 Å². The fourth-order valence-electron chi connectivity index (χ4n) is 3.11. The van der Waals surface area contributed by atoms with Gasteiger partial charge in [-0.1, -0.05) is 0 Å². The number of aromatic nitrogens is 2. The number of carbonyl (C=O) groups is 3. The Morgan fingerprint density at radius 2 is 1.32 bits per heavy atom. The molecule has 0 bridgehead atoms. The van der Waals surface area contributed by atoms with Crippen molar-refractivity contribution in [2.24, 2.45) is 5.73 Å². The first-order valence-corrected chi connectivity index (χ1v) is 12.6. The van der Waals surface area contributed by atoms with Crippen molar-refractivity contribution in [2.75, 3.05) is 26.2 Å². The molecule has 0 unspecified atom stereocenters. The number of alkyl carbamates (subject to hydrolysis) is 1. The smallest absolute Gasteiger partial charge is 0.407 e. The second-order valence-electron chi connectivity index (χ2n) is 9.46. The third kappa shape index (κ3) is 13.9. The van der Waals surface area contributed by atoms with Gasteiger partial charge < -0.3 is 35.6 Å². The van der Waals surface area contributed by atoms with Crippen molar-refractivity contribution in [3.63, 3.8) is 0 Å². The Hall–Kier alpha value is -3.64. The second-order valence-corrected chi connectivity index (χ2v) is 9.46. The van der Waals surface area contributed by atoms with E-state index in [1.165, 1.54) is 0 Å². The second kappa shape index (κ2) is 18.6. The molecular weight excluding hydrogens is 546 g/mol. The third-order valence-electron chi connectivity index (χ3n) is 4.90. The minimum absolute atomic E-state index is 0. The Balaban J connectivity index is 0.000000788. The van der Waals surface area contributed by atoms with Gasteiger partial charge in [-0.15, -0.1) is 12.4 Å². The Morgan fingerprint density at radius 3 is 1.70 bits per heavy atom. The zero-order valence-electron chi connectivity index (χ0n) is 23.6. The quantitative estimate of drug-likeness (QED) is 0.315. The molecule has 0 aliphatic heterocycles. The average molecular weight is 587 g/mol. The van der Waals surface area contributed by atoms with E-state index in [0.717, 1.165) is 0 Å². The number of amides is 3. The standard InChI is InChI=1S/C16H24FN3O3.C11H16FN3O.ClH/c1-5-18-14(21)13-6-7-20(11-13)10-12(8-17)9-19-15(22)23-16(2,3)4;1-2-14-11(16)10-3-4-15(8-10)7-9(5-12)6-13;/h6-8,11H,5,9-10H2,1-4H3,(H,18,21)(H,19,22);3-5,8H,2,6-7,13H2,1H3,(H,14,16);1H/b12-8+;9-5+;. The normalized spacial score (nSPS) is 11.5. The van der Waals surface area contributed by atoms with Crippen LogP contribution in [0.2, 0.25) is 0 Å². The lowest BCUT2D eigenvalue weighted by Gasteiger charge is -2.20. The maximum atomic E-state index is 13.0. The van der Waals surface area contributed by atoms with Crippen molar-refractivity contribution in [1.29, 1.82) is 0 Å². The molecule has 10 nitrogen and oxygen atoms in total. The SMILES string of the molecule is CCNC(=O)c1ccn(C/C(=C/F)CN)c1.CCNC(=O)c1ccn(C/C(=C/F)CNC(=O)OC(C)(C)C)c1.Cl. The predicted molar refractivity (Wildman–Crippen MR) is 154 cm³/mol. The summed E-state index contributed by atoms with van der Waals surface area (Å²) in [5.74, 6) is -0.302. The van der Waals surface area contributed by atoms with Gasteiger partial charge in [0.2, 0.25) is 0 Å². The van der Waals surface area contributed by atoms with E-state index >= 15 is 0 Å². The third-order valence-corrected chi connectivity index (χ3v) is 4.90. The van der Waals surface area contributed by atoms with Gasteiger partial charge >= 0.3 is 6.09 Å². The van der Waals surface area contributed by atoms with E-state index in [2.05, 4.69) is 16.0 Å². The number of ether oxygens (including phenoxy) is 1. The van der Waals surface area contributed by atoms with Crippen molar-refractivity contribution in [2.45, 2.75) is 53.3 Å². The van der Waals surface area contributed by atoms with Gasteiger partial charge in [-0.25, -0.2) is 13.6 Å². The largest absolute Gasteiger partial charge is 0.444 e. The Labute approximate surface area is 240 Å². The predicted octanol–water partition coefficient (Wildman–Crippen LogP) is 4.09. The monoisotopic (exact) mass is 586 g/mol. The summed E-state index contributed by atoms with van der Waals surface area (Å²) in [6.45, 7) is 10.9. The summed E-state index contributed by atoms with van der Waals surface area (Å²) >= 11 is 0. The van der Waals surface area contributed by atoms with Gasteiger partial charge in [-0.05, 0) is 57.9 Å². The van der Waals surface area contributed by atoms with Crippen LogP contribution in [0.15, 0.2) is 60.7 Å². The van der Waals surface area contributed by atoms with Gasteiger partial charge in [-0.3, -0.25) is 9.59 Å². The van der Waals surface area contributed by atoms with Gasteiger partial charge in [0.05, 0.1) is 23.8 Å². The molecule has 5 N–H and O–H groups in total. The molecule has 0 aliphatic carbocycles. The lowest BCUT2D eigenvalue weighted by Crippen LogP contribution is -2.33. The fraction of sp³-hybridized carbons (Fsp3) is 0.444. The van der Waals surface area contributed by atoms with Gasteiger partial charge in [0.1, 0.15) is 5.60 Å². The highest BCUT2D eigenvalue weighted by Crippen LogP contribution is 2.09. The Morgan fingerprint density at radius 1 is 0.875 bits per heavy atom. The van der Waals surface area contributed by atoms with E-state index in [1.54, 1.807) is 66.8 Å². The molecule has 2 heterocycles. The first-order chi connectivity index (χ1) is 18.5. The number of hydrogen-bond acceptors (Lipinski definition) is 5. The van der Waals surface area contributed by atoms with Crippen LogP contribution in [0.5, 0.6) is 0 Å². The van der Waals surface area contributed by atoms with E-state index in [1.807, 2.05) is 13.8 Å². The summed E-state index contributed by atoms with van der Waals surface area (Å²) in [6, 6.07) is 3.35. The van der Waals surface area contributed by atoms with Crippen LogP contribution in [0.4, 0.5) is 13.6 Å². The molecule has 224 valence electrons. The topological polar surface area (TPSA) is 132 Å². The summed E-state index contributed by atoms with van der Waals surface area (Å²) < 4.78 is 33.8. The molecule has 2 aromatic heterocycles. The van der Waals surface area contributed by atoms with Crippen molar-refractivity contribution in [1.82, 2.24) is 25.1 Å². The molecule has 3 amide bonds. The maximum absolute atomic E-state index is 13.0. The number of rotatable bonds is 11. The number of nitrogens with one attached hydrogen (secondary N) is 3. The summed E-state index contributed by atoms with van der Waals surface area (Å²) in [5, 5.41) is 7.88. The van der Waals surface area contributed by atoms with Gasteiger partial charge in [-0.2, -0.15) is 0 Å². The first-order valence-electron chi connectivity index (χ1n) is 12.6. The highest BCUT2D eigenvalue weighted by molar-refractivity contribution is 5.94. The van der Waals surface area contributed by atoms with Crippen molar-refractivity contribution in [3.8, 4) is 0 Å². The number of nitrogens with two attached hydrogens (primary N) is 1. The summed E-state index contributed by atoms with van der Waals surface area (Å²) in [7, 11) is 0. The molecular formula is C27H41ClF2N6O4. The Bertz CT molecular complexity index is 1140. The lowest BCUT2D eigenvalue weighted by molar-refractivity contribution is 0.0531. The minimum Gasteiger partial charge on any atom is -0.444 e. The van der Waals surface area contributed by atoms with Gasteiger partial charge in [0.25, 0.3) is 11.8 Å².